The van der Waals surface area contributed by atoms with E-state index in [-0.39, 0.29) is 6.04 Å². The topological polar surface area (TPSA) is 42.3 Å². The number of nitrogens with zero attached hydrogens (tertiary/aromatic N) is 3. The van der Waals surface area contributed by atoms with Gasteiger partial charge in [0.1, 0.15) is 5.75 Å². The number of benzene rings is 1. The zero-order chi connectivity index (χ0) is 17.9. The highest BCUT2D eigenvalue weighted by Crippen LogP contribution is 2.32. The SMILES string of the molecule is COc1ccc(NC(=S)N2CCn3cccc3C2c2ccncc2)cc1. The van der Waals surface area contributed by atoms with E-state index in [2.05, 4.69) is 50.2 Å². The van der Waals surface area contributed by atoms with Crippen LogP contribution in [0.15, 0.2) is 67.1 Å². The van der Waals surface area contributed by atoms with Gasteiger partial charge in [0.2, 0.25) is 0 Å². The van der Waals surface area contributed by atoms with Crippen molar-refractivity contribution in [3.05, 3.63) is 78.4 Å². The number of thiocarbonyl (C=S) groups is 1. The molecule has 0 bridgehead atoms. The van der Waals surface area contributed by atoms with Crippen LogP contribution in [0.1, 0.15) is 17.3 Å². The van der Waals surface area contributed by atoms with Gasteiger partial charge in [0.25, 0.3) is 0 Å². The van der Waals surface area contributed by atoms with Crippen LogP contribution in [-0.4, -0.2) is 33.2 Å². The first-order valence-electron chi connectivity index (χ1n) is 8.53. The first-order chi connectivity index (χ1) is 12.8. The summed E-state index contributed by atoms with van der Waals surface area (Å²) in [5.41, 5.74) is 3.37. The van der Waals surface area contributed by atoms with Crippen LogP contribution < -0.4 is 10.1 Å². The molecule has 6 heteroatoms. The van der Waals surface area contributed by atoms with E-state index in [1.807, 2.05) is 36.7 Å². The lowest BCUT2D eigenvalue weighted by Gasteiger charge is -2.39. The fourth-order valence-corrected chi connectivity index (χ4v) is 3.68. The number of fused-ring (bicyclic) bond motifs is 1. The number of rotatable bonds is 3. The second kappa shape index (κ2) is 7.17. The zero-order valence-electron chi connectivity index (χ0n) is 14.5. The van der Waals surface area contributed by atoms with Gasteiger partial charge in [-0.05, 0) is 66.3 Å². The lowest BCUT2D eigenvalue weighted by molar-refractivity contribution is 0.293. The maximum absolute atomic E-state index is 5.76. The van der Waals surface area contributed by atoms with Crippen LogP contribution in [-0.2, 0) is 6.54 Å². The zero-order valence-corrected chi connectivity index (χ0v) is 15.3. The molecule has 2 aromatic heterocycles. The van der Waals surface area contributed by atoms with Gasteiger partial charge in [-0.15, -0.1) is 0 Å². The molecular formula is C20H20N4OS. The molecule has 1 N–H and O–H groups in total. The van der Waals surface area contributed by atoms with E-state index in [4.69, 9.17) is 17.0 Å². The molecule has 132 valence electrons. The number of anilines is 1. The molecule has 0 spiro atoms. The monoisotopic (exact) mass is 364 g/mol. The minimum Gasteiger partial charge on any atom is -0.497 e. The molecule has 0 amide bonds. The van der Waals surface area contributed by atoms with Crippen molar-refractivity contribution in [1.82, 2.24) is 14.5 Å². The predicted octanol–water partition coefficient (Wildman–Crippen LogP) is 3.69. The lowest BCUT2D eigenvalue weighted by atomic mass is 10.0. The summed E-state index contributed by atoms with van der Waals surface area (Å²) in [7, 11) is 1.66. The quantitative estimate of drug-likeness (QED) is 0.718. The van der Waals surface area contributed by atoms with E-state index in [9.17, 15) is 0 Å². The van der Waals surface area contributed by atoms with E-state index in [0.717, 1.165) is 24.5 Å². The molecule has 1 aliphatic rings. The van der Waals surface area contributed by atoms with Crippen LogP contribution in [0.2, 0.25) is 0 Å². The summed E-state index contributed by atoms with van der Waals surface area (Å²) in [5.74, 6) is 0.826. The number of hydrogen-bond donors (Lipinski definition) is 1. The van der Waals surface area contributed by atoms with Crippen molar-refractivity contribution >= 4 is 23.0 Å². The number of methoxy groups -OCH3 is 1. The van der Waals surface area contributed by atoms with Crippen molar-refractivity contribution in [2.24, 2.45) is 0 Å². The van der Waals surface area contributed by atoms with Crippen molar-refractivity contribution in [3.63, 3.8) is 0 Å². The predicted molar refractivity (Wildman–Crippen MR) is 106 cm³/mol. The molecule has 26 heavy (non-hydrogen) atoms. The third kappa shape index (κ3) is 3.15. The van der Waals surface area contributed by atoms with Gasteiger partial charge < -0.3 is 19.5 Å². The highest BCUT2D eigenvalue weighted by Gasteiger charge is 2.30. The van der Waals surface area contributed by atoms with Crippen LogP contribution in [0.4, 0.5) is 5.69 Å². The van der Waals surface area contributed by atoms with E-state index < -0.39 is 0 Å². The highest BCUT2D eigenvalue weighted by molar-refractivity contribution is 7.80. The molecule has 1 atom stereocenters. The Labute approximate surface area is 158 Å². The number of hydrogen-bond acceptors (Lipinski definition) is 3. The van der Waals surface area contributed by atoms with Gasteiger partial charge >= 0.3 is 0 Å². The largest absolute Gasteiger partial charge is 0.497 e. The molecule has 5 nitrogen and oxygen atoms in total. The third-order valence-corrected chi connectivity index (χ3v) is 5.00. The molecule has 3 aromatic rings. The minimum atomic E-state index is 0.0694. The fraction of sp³-hybridized carbons (Fsp3) is 0.200. The molecule has 1 unspecified atom stereocenters. The maximum Gasteiger partial charge on any atom is 0.174 e. The van der Waals surface area contributed by atoms with Crippen molar-refractivity contribution in [3.8, 4) is 5.75 Å². The summed E-state index contributed by atoms with van der Waals surface area (Å²) >= 11 is 5.76. The molecule has 0 saturated carbocycles. The Kier molecular flexibility index (Phi) is 4.58. The molecule has 0 fully saturated rings. The van der Waals surface area contributed by atoms with Gasteiger partial charge in [0, 0.05) is 43.1 Å². The van der Waals surface area contributed by atoms with Crippen molar-refractivity contribution in [1.29, 1.82) is 0 Å². The Hall–Kier alpha value is -2.86. The Balaban J connectivity index is 1.62. The second-order valence-corrected chi connectivity index (χ2v) is 6.55. The molecule has 1 aliphatic heterocycles. The molecular weight excluding hydrogens is 344 g/mol. The van der Waals surface area contributed by atoms with Crippen molar-refractivity contribution < 1.29 is 4.74 Å². The summed E-state index contributed by atoms with van der Waals surface area (Å²) in [6.07, 6.45) is 5.78. The first-order valence-corrected chi connectivity index (χ1v) is 8.94. The van der Waals surface area contributed by atoms with Gasteiger partial charge in [0.15, 0.2) is 5.11 Å². The summed E-state index contributed by atoms with van der Waals surface area (Å²) in [5, 5.41) is 4.08. The van der Waals surface area contributed by atoms with Crippen LogP contribution in [0.25, 0.3) is 0 Å². The summed E-state index contributed by atoms with van der Waals surface area (Å²) < 4.78 is 7.51. The summed E-state index contributed by atoms with van der Waals surface area (Å²) in [6, 6.07) is 16.2. The van der Waals surface area contributed by atoms with Crippen LogP contribution in [0, 0.1) is 0 Å². The Morgan fingerprint density at radius 3 is 2.62 bits per heavy atom. The third-order valence-electron chi connectivity index (χ3n) is 4.66. The van der Waals surface area contributed by atoms with Crippen molar-refractivity contribution in [2.45, 2.75) is 12.6 Å². The average Bonchev–Trinajstić information content (AvgIpc) is 3.17. The number of ether oxygens (including phenoxy) is 1. The number of pyridine rings is 1. The highest BCUT2D eigenvalue weighted by atomic mass is 32.1. The molecule has 0 saturated heterocycles. The van der Waals surface area contributed by atoms with E-state index in [1.54, 1.807) is 7.11 Å². The van der Waals surface area contributed by atoms with Crippen LogP contribution in [0.5, 0.6) is 5.75 Å². The van der Waals surface area contributed by atoms with E-state index in [1.165, 1.54) is 11.3 Å². The molecule has 0 aliphatic carbocycles. The Bertz CT molecular complexity index is 892. The fourth-order valence-electron chi connectivity index (χ4n) is 3.37. The van der Waals surface area contributed by atoms with Gasteiger partial charge in [-0.1, -0.05) is 0 Å². The minimum absolute atomic E-state index is 0.0694. The van der Waals surface area contributed by atoms with Gasteiger partial charge in [0.05, 0.1) is 13.2 Å². The number of aromatic nitrogens is 2. The maximum atomic E-state index is 5.76. The first kappa shape index (κ1) is 16.6. The van der Waals surface area contributed by atoms with E-state index >= 15 is 0 Å². The smallest absolute Gasteiger partial charge is 0.174 e. The standard InChI is InChI=1S/C20H20N4OS/c1-25-17-6-4-16(5-7-17)22-20(26)24-14-13-23-12-2-3-18(23)19(24)15-8-10-21-11-9-15/h2-12,19H,13-14H2,1H3,(H,22,26). The summed E-state index contributed by atoms with van der Waals surface area (Å²) in [4.78, 5) is 6.39. The van der Waals surface area contributed by atoms with Crippen LogP contribution in [0.3, 0.4) is 0 Å². The van der Waals surface area contributed by atoms with Gasteiger partial charge in [-0.2, -0.15) is 0 Å². The van der Waals surface area contributed by atoms with Crippen molar-refractivity contribution in [2.75, 3.05) is 19.0 Å². The van der Waals surface area contributed by atoms with E-state index in [0.29, 0.717) is 5.11 Å². The van der Waals surface area contributed by atoms with Gasteiger partial charge in [-0.3, -0.25) is 4.98 Å². The normalized spacial score (nSPS) is 16.0. The Morgan fingerprint density at radius 2 is 1.88 bits per heavy atom. The second-order valence-electron chi connectivity index (χ2n) is 6.16. The lowest BCUT2D eigenvalue weighted by Crippen LogP contribution is -2.44. The Morgan fingerprint density at radius 1 is 1.12 bits per heavy atom. The molecule has 4 rings (SSSR count). The molecule has 1 aromatic carbocycles. The molecule has 0 radical (unpaired) electrons. The molecule has 3 heterocycles. The van der Waals surface area contributed by atoms with Gasteiger partial charge in [-0.25, -0.2) is 0 Å². The average molecular weight is 364 g/mol. The van der Waals surface area contributed by atoms with Crippen LogP contribution >= 0.6 is 12.2 Å². The summed E-state index contributed by atoms with van der Waals surface area (Å²) in [6.45, 7) is 1.75. The number of nitrogens with one attached hydrogen (secondary N) is 1.